The number of nitrogens with one attached hydrogen (secondary N) is 1. The molecule has 10 nitrogen and oxygen atoms in total. The molecule has 1 atom stereocenters. The lowest BCUT2D eigenvalue weighted by atomic mass is 10.0. The number of fused-ring (bicyclic) bond motifs is 1. The van der Waals surface area contributed by atoms with Crippen LogP contribution in [0.15, 0.2) is 36.4 Å². The Bertz CT molecular complexity index is 989. The highest BCUT2D eigenvalue weighted by Crippen LogP contribution is 2.38. The molecule has 2 amide bonds. The number of ether oxygens (including phenoxy) is 2. The van der Waals surface area contributed by atoms with Crippen molar-refractivity contribution in [2.45, 2.75) is 39.3 Å². The number of hydrogen-bond acceptors (Lipinski definition) is 7. The van der Waals surface area contributed by atoms with Crippen molar-refractivity contribution in [1.29, 1.82) is 0 Å². The van der Waals surface area contributed by atoms with Crippen LogP contribution in [0.4, 0.5) is 17.3 Å². The molecule has 0 radical (unpaired) electrons. The third-order valence-electron chi connectivity index (χ3n) is 4.54. The zero-order valence-electron chi connectivity index (χ0n) is 17.0. The largest absolute Gasteiger partial charge is 0.494 e. The highest BCUT2D eigenvalue weighted by atomic mass is 16.6. The van der Waals surface area contributed by atoms with Crippen LogP contribution in [-0.4, -0.2) is 40.0 Å². The van der Waals surface area contributed by atoms with Gasteiger partial charge in [0, 0.05) is 11.8 Å². The third-order valence-corrected chi connectivity index (χ3v) is 4.54. The maximum absolute atomic E-state index is 13.0. The number of nitrogens with zero attached hydrogens (tertiary/aromatic N) is 3. The number of pyridine rings is 1. The van der Waals surface area contributed by atoms with Crippen LogP contribution >= 0.6 is 0 Å². The summed E-state index contributed by atoms with van der Waals surface area (Å²) >= 11 is 0. The number of amides is 2. The molecule has 1 aromatic heterocycles. The molecule has 158 valence electrons. The average Bonchev–Trinajstić information content (AvgIpc) is 2.69. The van der Waals surface area contributed by atoms with Crippen molar-refractivity contribution in [3.05, 3.63) is 46.5 Å². The summed E-state index contributed by atoms with van der Waals surface area (Å²) in [5.41, 5.74) is -0.749. The molecule has 0 fully saturated rings. The van der Waals surface area contributed by atoms with Gasteiger partial charge in [0.15, 0.2) is 11.4 Å². The maximum atomic E-state index is 13.0. The van der Waals surface area contributed by atoms with E-state index in [0.717, 1.165) is 4.90 Å². The van der Waals surface area contributed by atoms with Crippen molar-refractivity contribution in [3.8, 4) is 11.5 Å². The van der Waals surface area contributed by atoms with Crippen molar-refractivity contribution in [2.75, 3.05) is 16.8 Å². The van der Waals surface area contributed by atoms with Crippen LogP contribution in [-0.2, 0) is 9.59 Å². The van der Waals surface area contributed by atoms with E-state index < -0.39 is 34.2 Å². The first-order chi connectivity index (χ1) is 14.1. The van der Waals surface area contributed by atoms with Gasteiger partial charge in [-0.2, -0.15) is 0 Å². The molecule has 1 aliphatic rings. The molecule has 30 heavy (non-hydrogen) atoms. The second kappa shape index (κ2) is 7.97. The van der Waals surface area contributed by atoms with E-state index in [0.29, 0.717) is 18.0 Å². The van der Waals surface area contributed by atoms with Crippen LogP contribution in [0, 0.1) is 10.1 Å². The number of aromatic nitrogens is 1. The van der Waals surface area contributed by atoms with E-state index >= 15 is 0 Å². The molecule has 1 aromatic carbocycles. The molecular formula is C20H22N4O6. The van der Waals surface area contributed by atoms with E-state index in [1.165, 1.54) is 19.1 Å². The van der Waals surface area contributed by atoms with Crippen molar-refractivity contribution < 1.29 is 24.0 Å². The Morgan fingerprint density at radius 3 is 2.57 bits per heavy atom. The predicted octanol–water partition coefficient (Wildman–Crippen LogP) is 2.92. The lowest BCUT2D eigenvalue weighted by Gasteiger charge is -2.38. The molecule has 3 rings (SSSR count). The molecule has 1 N–H and O–H groups in total. The van der Waals surface area contributed by atoms with Gasteiger partial charge in [0.25, 0.3) is 11.7 Å². The fraction of sp³-hybridized carbons (Fsp3) is 0.350. The predicted molar refractivity (Wildman–Crippen MR) is 109 cm³/mol. The van der Waals surface area contributed by atoms with Gasteiger partial charge >= 0.3 is 5.82 Å². The van der Waals surface area contributed by atoms with Gasteiger partial charge in [0.05, 0.1) is 6.61 Å². The van der Waals surface area contributed by atoms with Crippen LogP contribution in [0.1, 0.15) is 27.7 Å². The quantitative estimate of drug-likeness (QED) is 0.569. The van der Waals surface area contributed by atoms with Crippen LogP contribution in [0.3, 0.4) is 0 Å². The summed E-state index contributed by atoms with van der Waals surface area (Å²) in [7, 11) is 0. The first-order valence-electron chi connectivity index (χ1n) is 9.36. The number of carbonyl (C=O) groups is 2. The molecule has 0 aliphatic carbocycles. The van der Waals surface area contributed by atoms with Gasteiger partial charge in [-0.25, -0.2) is 0 Å². The van der Waals surface area contributed by atoms with Crippen LogP contribution in [0.5, 0.6) is 11.5 Å². The fourth-order valence-corrected chi connectivity index (χ4v) is 3.01. The minimum Gasteiger partial charge on any atom is -0.494 e. The lowest BCUT2D eigenvalue weighted by Crippen LogP contribution is -2.58. The monoisotopic (exact) mass is 414 g/mol. The molecule has 2 heterocycles. The third kappa shape index (κ3) is 4.02. The summed E-state index contributed by atoms with van der Waals surface area (Å²) in [6.07, 6.45) is 0. The minimum atomic E-state index is -1.27. The number of nitro groups is 1. The normalized spacial score (nSPS) is 15.6. The van der Waals surface area contributed by atoms with Gasteiger partial charge in [-0.1, -0.05) is 0 Å². The van der Waals surface area contributed by atoms with E-state index in [1.807, 2.05) is 6.92 Å². The number of carbonyl (C=O) groups excluding carboxylic acids is 2. The molecule has 1 aliphatic heterocycles. The van der Waals surface area contributed by atoms with Crippen molar-refractivity contribution in [3.63, 3.8) is 0 Å². The Morgan fingerprint density at radius 2 is 1.97 bits per heavy atom. The Kier molecular flexibility index (Phi) is 5.59. The maximum Gasteiger partial charge on any atom is 0.366 e. The Labute approximate surface area is 172 Å². The number of rotatable bonds is 6. The van der Waals surface area contributed by atoms with Gasteiger partial charge in [-0.3, -0.25) is 14.5 Å². The number of anilines is 2. The van der Waals surface area contributed by atoms with Crippen LogP contribution in [0.2, 0.25) is 0 Å². The molecule has 0 spiro atoms. The molecular weight excluding hydrogens is 392 g/mol. The zero-order valence-corrected chi connectivity index (χ0v) is 17.0. The Hall–Kier alpha value is -3.69. The first kappa shape index (κ1) is 21.0. The van der Waals surface area contributed by atoms with E-state index in [2.05, 4.69) is 10.3 Å². The second-order valence-electron chi connectivity index (χ2n) is 7.16. The second-order valence-corrected chi connectivity index (χ2v) is 7.16. The number of hydrogen-bond donors (Lipinski definition) is 1. The van der Waals surface area contributed by atoms with Gasteiger partial charge in [-0.05, 0) is 67.9 Å². The average molecular weight is 414 g/mol. The Balaban J connectivity index is 1.90. The van der Waals surface area contributed by atoms with Crippen molar-refractivity contribution in [2.24, 2.45) is 0 Å². The molecule has 0 bridgehead atoms. The fourth-order valence-electron chi connectivity index (χ4n) is 3.01. The highest BCUT2D eigenvalue weighted by Gasteiger charge is 2.47. The first-order valence-corrected chi connectivity index (χ1v) is 9.36. The van der Waals surface area contributed by atoms with Crippen LogP contribution in [0.25, 0.3) is 0 Å². The molecule has 0 saturated heterocycles. The number of benzene rings is 1. The molecule has 1 unspecified atom stereocenters. The molecule has 10 heteroatoms. The summed E-state index contributed by atoms with van der Waals surface area (Å²) in [4.78, 5) is 41.4. The smallest absolute Gasteiger partial charge is 0.366 e. The minimum absolute atomic E-state index is 0.0668. The van der Waals surface area contributed by atoms with Gasteiger partial charge in [0.2, 0.25) is 5.91 Å². The van der Waals surface area contributed by atoms with Crippen molar-refractivity contribution in [1.82, 2.24) is 4.98 Å². The summed E-state index contributed by atoms with van der Waals surface area (Å²) in [5, 5.41) is 13.9. The molecule has 0 saturated carbocycles. The standard InChI is InChI=1S/C20H22N4O6/c1-5-29-14-8-6-13(7-9-14)21-18(25)12(2)23-17-15(30-20(3,4)19(23)26)10-11-16(22-17)24(27)28/h6-12H,5H2,1-4H3,(H,21,25). The zero-order chi connectivity index (χ0) is 22.1. The topological polar surface area (TPSA) is 124 Å². The van der Waals surface area contributed by atoms with Crippen LogP contribution < -0.4 is 19.7 Å². The summed E-state index contributed by atoms with van der Waals surface area (Å²) in [6.45, 7) is 7.03. The van der Waals surface area contributed by atoms with Crippen molar-refractivity contribution >= 4 is 29.1 Å². The van der Waals surface area contributed by atoms with E-state index in [4.69, 9.17) is 9.47 Å². The van der Waals surface area contributed by atoms with E-state index in [1.54, 1.807) is 38.1 Å². The van der Waals surface area contributed by atoms with Gasteiger partial charge in [-0.15, -0.1) is 0 Å². The lowest BCUT2D eigenvalue weighted by molar-refractivity contribution is -0.389. The van der Waals surface area contributed by atoms with Gasteiger partial charge < -0.3 is 24.9 Å². The SMILES string of the molecule is CCOc1ccc(NC(=O)C(C)N2C(=O)C(C)(C)Oc3ccc([N+](=O)[O-])nc32)cc1. The molecule has 2 aromatic rings. The summed E-state index contributed by atoms with van der Waals surface area (Å²) < 4.78 is 11.0. The van der Waals surface area contributed by atoms with E-state index in [-0.39, 0.29) is 11.6 Å². The highest BCUT2D eigenvalue weighted by molar-refractivity contribution is 6.08. The summed E-state index contributed by atoms with van der Waals surface area (Å²) in [6, 6.07) is 8.35. The van der Waals surface area contributed by atoms with E-state index in [9.17, 15) is 19.7 Å². The van der Waals surface area contributed by atoms with Gasteiger partial charge in [0.1, 0.15) is 11.8 Å². The summed E-state index contributed by atoms with van der Waals surface area (Å²) in [5.74, 6) is -0.677. The Morgan fingerprint density at radius 1 is 1.30 bits per heavy atom.